The summed E-state index contributed by atoms with van der Waals surface area (Å²) in [5, 5.41) is 0. The smallest absolute Gasteiger partial charge is 0.319 e. The number of carbonyl (C=O) groups is 1. The van der Waals surface area contributed by atoms with Gasteiger partial charge in [-0.2, -0.15) is 0 Å². The van der Waals surface area contributed by atoms with E-state index < -0.39 is 6.03 Å². The maximum absolute atomic E-state index is 13.1. The monoisotopic (exact) mass is 313 g/mol. The van der Waals surface area contributed by atoms with E-state index in [-0.39, 0.29) is 11.9 Å². The Morgan fingerprint density at radius 2 is 2.00 bits per heavy atom. The van der Waals surface area contributed by atoms with Crippen LogP contribution in [0.25, 0.3) is 0 Å². The fourth-order valence-corrected chi connectivity index (χ4v) is 3.13. The highest BCUT2D eigenvalue weighted by Crippen LogP contribution is 2.27. The standard InChI is InChI=1S/C18H20FN3O/c1-13-3-2-4-16(11-13)21-10-9-17(12-21)22(18(20)23)15-7-5-14(19)6-8-15/h2-8,11,17H,9-10,12H2,1H3,(H2,20,23)/t17-/m1/s1. The van der Waals surface area contributed by atoms with Crippen LogP contribution in [0.5, 0.6) is 0 Å². The first-order valence-electron chi connectivity index (χ1n) is 7.70. The van der Waals surface area contributed by atoms with Crippen molar-refractivity contribution in [2.24, 2.45) is 5.73 Å². The lowest BCUT2D eigenvalue weighted by atomic mass is 10.2. The lowest BCUT2D eigenvalue weighted by molar-refractivity contribution is 0.252. The highest BCUT2D eigenvalue weighted by atomic mass is 19.1. The summed E-state index contributed by atoms with van der Waals surface area (Å²) in [7, 11) is 0. The van der Waals surface area contributed by atoms with Crippen LogP contribution in [0.2, 0.25) is 0 Å². The number of urea groups is 1. The number of carbonyl (C=O) groups excluding carboxylic acids is 1. The predicted molar refractivity (Wildman–Crippen MR) is 90.3 cm³/mol. The van der Waals surface area contributed by atoms with E-state index in [1.165, 1.54) is 17.7 Å². The molecule has 2 amide bonds. The number of benzene rings is 2. The molecule has 0 unspecified atom stereocenters. The summed E-state index contributed by atoms with van der Waals surface area (Å²) in [6, 6.07) is 13.7. The molecular formula is C18H20FN3O. The summed E-state index contributed by atoms with van der Waals surface area (Å²) in [5.41, 5.74) is 8.56. The molecule has 5 heteroatoms. The number of amides is 2. The zero-order valence-corrected chi connectivity index (χ0v) is 13.1. The number of hydrogen-bond donors (Lipinski definition) is 1. The topological polar surface area (TPSA) is 49.6 Å². The number of rotatable bonds is 3. The summed E-state index contributed by atoms with van der Waals surface area (Å²) in [6.45, 7) is 3.63. The first-order chi connectivity index (χ1) is 11.0. The Hall–Kier alpha value is -2.56. The Balaban J connectivity index is 1.80. The number of halogens is 1. The van der Waals surface area contributed by atoms with Gasteiger partial charge in [-0.15, -0.1) is 0 Å². The maximum atomic E-state index is 13.1. The molecule has 23 heavy (non-hydrogen) atoms. The van der Waals surface area contributed by atoms with E-state index in [1.54, 1.807) is 17.0 Å². The third-order valence-corrected chi connectivity index (χ3v) is 4.24. The molecule has 1 aliphatic rings. The van der Waals surface area contributed by atoms with Crippen molar-refractivity contribution in [3.8, 4) is 0 Å². The first kappa shape index (κ1) is 15.3. The van der Waals surface area contributed by atoms with Crippen molar-refractivity contribution < 1.29 is 9.18 Å². The van der Waals surface area contributed by atoms with Crippen LogP contribution in [-0.4, -0.2) is 25.2 Å². The molecule has 120 valence electrons. The minimum Gasteiger partial charge on any atom is -0.369 e. The number of nitrogens with two attached hydrogens (primary N) is 1. The van der Waals surface area contributed by atoms with Gasteiger partial charge in [0.1, 0.15) is 5.82 Å². The molecule has 0 saturated carbocycles. The third kappa shape index (κ3) is 3.28. The minimum absolute atomic E-state index is 0.0153. The molecule has 2 aromatic carbocycles. The second kappa shape index (κ2) is 6.28. The van der Waals surface area contributed by atoms with Crippen molar-refractivity contribution in [1.29, 1.82) is 0 Å². The second-order valence-electron chi connectivity index (χ2n) is 5.91. The van der Waals surface area contributed by atoms with E-state index in [9.17, 15) is 9.18 Å². The van der Waals surface area contributed by atoms with Crippen LogP contribution in [0.4, 0.5) is 20.6 Å². The minimum atomic E-state index is -0.507. The van der Waals surface area contributed by atoms with E-state index in [2.05, 4.69) is 30.0 Å². The van der Waals surface area contributed by atoms with Crippen molar-refractivity contribution in [2.45, 2.75) is 19.4 Å². The molecular weight excluding hydrogens is 293 g/mol. The molecule has 1 saturated heterocycles. The lowest BCUT2D eigenvalue weighted by Gasteiger charge is -2.28. The molecule has 1 heterocycles. The average molecular weight is 313 g/mol. The van der Waals surface area contributed by atoms with Crippen LogP contribution < -0.4 is 15.5 Å². The molecule has 0 spiro atoms. The molecule has 0 bridgehead atoms. The van der Waals surface area contributed by atoms with Gasteiger partial charge in [0.15, 0.2) is 0 Å². The molecule has 1 aliphatic heterocycles. The molecule has 4 nitrogen and oxygen atoms in total. The Kier molecular flexibility index (Phi) is 4.19. The van der Waals surface area contributed by atoms with Gasteiger partial charge in [0.05, 0.1) is 6.04 Å². The van der Waals surface area contributed by atoms with E-state index in [0.717, 1.165) is 18.7 Å². The van der Waals surface area contributed by atoms with Crippen LogP contribution in [0.1, 0.15) is 12.0 Å². The van der Waals surface area contributed by atoms with Gasteiger partial charge < -0.3 is 10.6 Å². The summed E-state index contributed by atoms with van der Waals surface area (Å²) in [5.74, 6) is -0.328. The van der Waals surface area contributed by atoms with Gasteiger partial charge in [0, 0.05) is 24.5 Å². The number of anilines is 2. The molecule has 0 aromatic heterocycles. The van der Waals surface area contributed by atoms with E-state index in [0.29, 0.717) is 12.2 Å². The van der Waals surface area contributed by atoms with Crippen LogP contribution in [-0.2, 0) is 0 Å². The molecule has 0 aliphatic carbocycles. The van der Waals surface area contributed by atoms with Crippen molar-refractivity contribution in [3.63, 3.8) is 0 Å². The highest BCUT2D eigenvalue weighted by molar-refractivity contribution is 5.91. The summed E-state index contributed by atoms with van der Waals surface area (Å²) >= 11 is 0. The third-order valence-electron chi connectivity index (χ3n) is 4.24. The fraction of sp³-hybridized carbons (Fsp3) is 0.278. The predicted octanol–water partition coefficient (Wildman–Crippen LogP) is 3.30. The normalized spacial score (nSPS) is 17.3. The quantitative estimate of drug-likeness (QED) is 0.945. The second-order valence-corrected chi connectivity index (χ2v) is 5.91. The molecule has 0 radical (unpaired) electrons. The summed E-state index contributed by atoms with van der Waals surface area (Å²) in [6.07, 6.45) is 0.828. The number of primary amides is 1. The summed E-state index contributed by atoms with van der Waals surface area (Å²) in [4.78, 5) is 15.7. The number of nitrogens with zero attached hydrogens (tertiary/aromatic N) is 2. The zero-order valence-electron chi connectivity index (χ0n) is 13.1. The maximum Gasteiger partial charge on any atom is 0.319 e. The van der Waals surface area contributed by atoms with Crippen molar-refractivity contribution in [2.75, 3.05) is 22.9 Å². The Bertz CT molecular complexity index is 702. The first-order valence-corrected chi connectivity index (χ1v) is 7.70. The van der Waals surface area contributed by atoms with Gasteiger partial charge in [-0.05, 0) is 55.3 Å². The lowest BCUT2D eigenvalue weighted by Crippen LogP contribution is -2.45. The van der Waals surface area contributed by atoms with Crippen LogP contribution in [0.15, 0.2) is 48.5 Å². The molecule has 2 N–H and O–H groups in total. The van der Waals surface area contributed by atoms with Gasteiger partial charge >= 0.3 is 6.03 Å². The summed E-state index contributed by atoms with van der Waals surface area (Å²) < 4.78 is 13.1. The molecule has 1 atom stereocenters. The Morgan fingerprint density at radius 3 is 2.65 bits per heavy atom. The highest BCUT2D eigenvalue weighted by Gasteiger charge is 2.31. The van der Waals surface area contributed by atoms with E-state index in [1.807, 2.05) is 6.07 Å². The van der Waals surface area contributed by atoms with Crippen LogP contribution >= 0.6 is 0 Å². The molecule has 2 aromatic rings. The van der Waals surface area contributed by atoms with Gasteiger partial charge in [-0.3, -0.25) is 4.90 Å². The van der Waals surface area contributed by atoms with Crippen LogP contribution in [0, 0.1) is 12.7 Å². The molecule has 3 rings (SSSR count). The van der Waals surface area contributed by atoms with Gasteiger partial charge in [-0.1, -0.05) is 12.1 Å². The Labute approximate surface area is 135 Å². The van der Waals surface area contributed by atoms with Crippen LogP contribution in [0.3, 0.4) is 0 Å². The SMILES string of the molecule is Cc1cccc(N2CC[C@@H](N(C(N)=O)c3ccc(F)cc3)C2)c1. The zero-order chi connectivity index (χ0) is 16.4. The van der Waals surface area contributed by atoms with Gasteiger partial charge in [-0.25, -0.2) is 9.18 Å². The van der Waals surface area contributed by atoms with E-state index in [4.69, 9.17) is 5.73 Å². The van der Waals surface area contributed by atoms with Gasteiger partial charge in [0.2, 0.25) is 0 Å². The van der Waals surface area contributed by atoms with Crippen molar-refractivity contribution >= 4 is 17.4 Å². The van der Waals surface area contributed by atoms with E-state index >= 15 is 0 Å². The van der Waals surface area contributed by atoms with Crippen molar-refractivity contribution in [1.82, 2.24) is 0 Å². The molecule has 1 fully saturated rings. The Morgan fingerprint density at radius 1 is 1.26 bits per heavy atom. The largest absolute Gasteiger partial charge is 0.369 e. The fourth-order valence-electron chi connectivity index (χ4n) is 3.13. The average Bonchev–Trinajstić information content (AvgIpc) is 2.99. The van der Waals surface area contributed by atoms with Crippen molar-refractivity contribution in [3.05, 3.63) is 59.9 Å². The van der Waals surface area contributed by atoms with Gasteiger partial charge in [0.25, 0.3) is 0 Å². The number of aryl methyl sites for hydroxylation is 1. The number of hydrogen-bond acceptors (Lipinski definition) is 2.